The predicted molar refractivity (Wildman–Crippen MR) is 103 cm³/mol. The molecule has 5 heteroatoms. The average molecular weight is 342 g/mol. The minimum absolute atomic E-state index is 0.663. The number of aromatic nitrogens is 1. The summed E-state index contributed by atoms with van der Waals surface area (Å²) in [6.07, 6.45) is 10.5. The number of nitrogens with one attached hydrogen (secondary N) is 1. The molecule has 2 unspecified atom stereocenters. The van der Waals surface area contributed by atoms with Crippen LogP contribution in [0.4, 0.5) is 5.82 Å². The summed E-state index contributed by atoms with van der Waals surface area (Å²) in [5, 5.41) is 3.75. The SMILES string of the molecule is CN=C(NC1CC1C1CCCCC1)N1CCN(c2ccccn2)CC1. The van der Waals surface area contributed by atoms with Crippen LogP contribution < -0.4 is 10.2 Å². The highest BCUT2D eigenvalue weighted by Crippen LogP contribution is 2.44. The lowest BCUT2D eigenvalue weighted by Crippen LogP contribution is -2.53. The van der Waals surface area contributed by atoms with Crippen LogP contribution in [0.25, 0.3) is 0 Å². The lowest BCUT2D eigenvalue weighted by atomic mass is 9.85. The molecule has 5 nitrogen and oxygen atoms in total. The lowest BCUT2D eigenvalue weighted by molar-refractivity contribution is 0.313. The van der Waals surface area contributed by atoms with Gasteiger partial charge in [0.25, 0.3) is 0 Å². The molecule has 0 amide bonds. The molecular formula is C20H31N5. The van der Waals surface area contributed by atoms with E-state index in [1.807, 2.05) is 19.3 Å². The van der Waals surface area contributed by atoms with Gasteiger partial charge in [-0.25, -0.2) is 4.98 Å². The van der Waals surface area contributed by atoms with Gasteiger partial charge in [-0.2, -0.15) is 0 Å². The molecule has 0 radical (unpaired) electrons. The maximum Gasteiger partial charge on any atom is 0.193 e. The summed E-state index contributed by atoms with van der Waals surface area (Å²) in [5.41, 5.74) is 0. The van der Waals surface area contributed by atoms with E-state index in [4.69, 9.17) is 0 Å². The second kappa shape index (κ2) is 7.63. The van der Waals surface area contributed by atoms with E-state index in [1.54, 1.807) is 0 Å². The summed E-state index contributed by atoms with van der Waals surface area (Å²) in [4.78, 5) is 13.8. The second-order valence-electron chi connectivity index (χ2n) is 7.76. The summed E-state index contributed by atoms with van der Waals surface area (Å²) >= 11 is 0. The zero-order valence-electron chi connectivity index (χ0n) is 15.4. The summed E-state index contributed by atoms with van der Waals surface area (Å²) in [7, 11) is 1.92. The minimum Gasteiger partial charge on any atom is -0.353 e. The van der Waals surface area contributed by atoms with Crippen molar-refractivity contribution in [2.45, 2.75) is 44.6 Å². The summed E-state index contributed by atoms with van der Waals surface area (Å²) in [6, 6.07) is 6.80. The Balaban J connectivity index is 1.27. The number of nitrogens with zero attached hydrogens (tertiary/aromatic N) is 4. The Hall–Kier alpha value is -1.78. The van der Waals surface area contributed by atoms with Crippen LogP contribution in [0.3, 0.4) is 0 Å². The van der Waals surface area contributed by atoms with Crippen LogP contribution >= 0.6 is 0 Å². The van der Waals surface area contributed by atoms with E-state index in [-0.39, 0.29) is 0 Å². The molecule has 0 spiro atoms. The first-order valence-corrected chi connectivity index (χ1v) is 9.99. The molecule has 0 bridgehead atoms. The average Bonchev–Trinajstić information content (AvgIpc) is 3.47. The summed E-state index contributed by atoms with van der Waals surface area (Å²) in [5.74, 6) is 4.05. The Bertz CT molecular complexity index is 573. The van der Waals surface area contributed by atoms with Gasteiger partial charge in [-0.3, -0.25) is 4.99 Å². The van der Waals surface area contributed by atoms with Crippen molar-refractivity contribution in [1.29, 1.82) is 0 Å². The molecule has 3 aliphatic rings. The number of guanidine groups is 1. The second-order valence-corrected chi connectivity index (χ2v) is 7.76. The molecule has 1 saturated heterocycles. The molecular weight excluding hydrogens is 310 g/mol. The summed E-state index contributed by atoms with van der Waals surface area (Å²) in [6.45, 7) is 4.04. The standard InChI is InChI=1S/C20H31N5/c1-21-20(23-18-15-17(18)16-7-3-2-4-8-16)25-13-11-24(12-14-25)19-9-5-6-10-22-19/h5-6,9-10,16-18H,2-4,7-8,11-15H2,1H3,(H,21,23). The third kappa shape index (κ3) is 3.91. The van der Waals surface area contributed by atoms with Crippen molar-refractivity contribution in [2.75, 3.05) is 38.1 Å². The van der Waals surface area contributed by atoms with Gasteiger partial charge in [-0.1, -0.05) is 38.2 Å². The minimum atomic E-state index is 0.663. The Morgan fingerprint density at radius 2 is 1.92 bits per heavy atom. The van der Waals surface area contributed by atoms with Crippen LogP contribution in [0, 0.1) is 11.8 Å². The largest absolute Gasteiger partial charge is 0.353 e. The van der Waals surface area contributed by atoms with Gasteiger partial charge in [0.05, 0.1) is 0 Å². The monoisotopic (exact) mass is 341 g/mol. The molecule has 1 N–H and O–H groups in total. The van der Waals surface area contributed by atoms with E-state index in [2.05, 4.69) is 37.2 Å². The van der Waals surface area contributed by atoms with Gasteiger partial charge in [0, 0.05) is 45.5 Å². The highest BCUT2D eigenvalue weighted by molar-refractivity contribution is 5.80. The lowest BCUT2D eigenvalue weighted by Gasteiger charge is -2.37. The Kier molecular flexibility index (Phi) is 5.09. The van der Waals surface area contributed by atoms with Crippen LogP contribution in [-0.2, 0) is 0 Å². The van der Waals surface area contributed by atoms with Gasteiger partial charge < -0.3 is 15.1 Å². The van der Waals surface area contributed by atoms with Gasteiger partial charge in [-0.05, 0) is 30.4 Å². The number of anilines is 1. The number of hydrogen-bond donors (Lipinski definition) is 1. The zero-order chi connectivity index (χ0) is 17.1. The number of hydrogen-bond acceptors (Lipinski definition) is 3. The van der Waals surface area contributed by atoms with E-state index < -0.39 is 0 Å². The molecule has 3 fully saturated rings. The molecule has 2 saturated carbocycles. The van der Waals surface area contributed by atoms with Crippen molar-refractivity contribution in [2.24, 2.45) is 16.8 Å². The summed E-state index contributed by atoms with van der Waals surface area (Å²) < 4.78 is 0. The zero-order valence-corrected chi connectivity index (χ0v) is 15.4. The fraction of sp³-hybridized carbons (Fsp3) is 0.700. The van der Waals surface area contributed by atoms with Gasteiger partial charge >= 0.3 is 0 Å². The van der Waals surface area contributed by atoms with E-state index in [9.17, 15) is 0 Å². The number of piperazine rings is 1. The Morgan fingerprint density at radius 3 is 2.60 bits per heavy atom. The van der Waals surface area contributed by atoms with Crippen LogP contribution in [0.2, 0.25) is 0 Å². The molecule has 25 heavy (non-hydrogen) atoms. The van der Waals surface area contributed by atoms with E-state index >= 15 is 0 Å². The van der Waals surface area contributed by atoms with Crippen LogP contribution in [-0.4, -0.2) is 55.1 Å². The quantitative estimate of drug-likeness (QED) is 0.678. The molecule has 4 rings (SSSR count). The van der Waals surface area contributed by atoms with Crippen LogP contribution in [0.15, 0.2) is 29.4 Å². The topological polar surface area (TPSA) is 43.8 Å². The van der Waals surface area contributed by atoms with Gasteiger partial charge in [0.1, 0.15) is 5.82 Å². The number of pyridine rings is 1. The maximum absolute atomic E-state index is 4.57. The van der Waals surface area contributed by atoms with Crippen LogP contribution in [0.1, 0.15) is 38.5 Å². The normalized spacial score (nSPS) is 28.1. The van der Waals surface area contributed by atoms with Gasteiger partial charge in [-0.15, -0.1) is 0 Å². The Labute approximate surface area is 151 Å². The molecule has 2 atom stereocenters. The van der Waals surface area contributed by atoms with Gasteiger partial charge in [0.2, 0.25) is 0 Å². The first kappa shape index (κ1) is 16.7. The Morgan fingerprint density at radius 1 is 1.12 bits per heavy atom. The van der Waals surface area contributed by atoms with E-state index in [1.165, 1.54) is 38.5 Å². The van der Waals surface area contributed by atoms with E-state index in [0.29, 0.717) is 6.04 Å². The highest BCUT2D eigenvalue weighted by atomic mass is 15.4. The first-order chi connectivity index (χ1) is 12.3. The maximum atomic E-state index is 4.57. The van der Waals surface area contributed by atoms with E-state index in [0.717, 1.165) is 49.8 Å². The highest BCUT2D eigenvalue weighted by Gasteiger charge is 2.43. The smallest absolute Gasteiger partial charge is 0.193 e. The fourth-order valence-corrected chi connectivity index (χ4v) is 4.62. The van der Waals surface area contributed by atoms with Gasteiger partial charge in [0.15, 0.2) is 5.96 Å². The molecule has 1 aromatic heterocycles. The van der Waals surface area contributed by atoms with Crippen molar-refractivity contribution in [3.8, 4) is 0 Å². The fourth-order valence-electron chi connectivity index (χ4n) is 4.62. The molecule has 136 valence electrons. The molecule has 1 aliphatic heterocycles. The third-order valence-electron chi connectivity index (χ3n) is 6.17. The molecule has 0 aromatic carbocycles. The van der Waals surface area contributed by atoms with Crippen molar-refractivity contribution >= 4 is 11.8 Å². The number of aliphatic imine (C=N–C) groups is 1. The van der Waals surface area contributed by atoms with Crippen molar-refractivity contribution in [1.82, 2.24) is 15.2 Å². The van der Waals surface area contributed by atoms with Crippen molar-refractivity contribution in [3.63, 3.8) is 0 Å². The third-order valence-corrected chi connectivity index (χ3v) is 6.17. The molecule has 1 aromatic rings. The molecule has 2 heterocycles. The molecule has 2 aliphatic carbocycles. The van der Waals surface area contributed by atoms with Crippen molar-refractivity contribution in [3.05, 3.63) is 24.4 Å². The first-order valence-electron chi connectivity index (χ1n) is 9.99. The van der Waals surface area contributed by atoms with Crippen LogP contribution in [0.5, 0.6) is 0 Å². The predicted octanol–water partition coefficient (Wildman–Crippen LogP) is 2.75. The number of rotatable bonds is 3. The van der Waals surface area contributed by atoms with Crippen molar-refractivity contribution < 1.29 is 0 Å².